The number of hydrogen-bond acceptors (Lipinski definition) is 2. The van der Waals surface area contributed by atoms with Crippen LogP contribution in [0.4, 0.5) is 0 Å². The van der Waals surface area contributed by atoms with Crippen molar-refractivity contribution >= 4 is 18.3 Å². The molecule has 102 valence electrons. The van der Waals surface area contributed by atoms with E-state index in [0.717, 1.165) is 25.8 Å². The molecule has 1 aliphatic rings. The lowest BCUT2D eigenvalue weighted by molar-refractivity contribution is -0.134. The van der Waals surface area contributed by atoms with Crippen LogP contribution in [0.5, 0.6) is 0 Å². The molecule has 3 nitrogen and oxygen atoms in total. The average Bonchev–Trinajstić information content (AvgIpc) is 2.41. The Morgan fingerprint density at radius 2 is 1.94 bits per heavy atom. The standard InChI is InChI=1S/C13H26N2O.ClH/c1-10(2)9-12-7-5-4-6-8-15(12)13(16)11(3)14;/h10-12H,4-9,14H2,1-3H3;1H/t11-,12?;/m0./s1. The molecule has 0 aromatic heterocycles. The summed E-state index contributed by atoms with van der Waals surface area (Å²) in [4.78, 5) is 14.1. The molecule has 1 heterocycles. The van der Waals surface area contributed by atoms with Crippen LogP contribution < -0.4 is 5.73 Å². The first-order valence-corrected chi connectivity index (χ1v) is 6.58. The molecule has 0 saturated carbocycles. The van der Waals surface area contributed by atoms with Gasteiger partial charge in [0.25, 0.3) is 0 Å². The Morgan fingerprint density at radius 1 is 1.29 bits per heavy atom. The molecule has 17 heavy (non-hydrogen) atoms. The van der Waals surface area contributed by atoms with Gasteiger partial charge >= 0.3 is 0 Å². The van der Waals surface area contributed by atoms with Gasteiger partial charge in [-0.25, -0.2) is 0 Å². The van der Waals surface area contributed by atoms with Crippen molar-refractivity contribution in [2.75, 3.05) is 6.54 Å². The molecule has 1 aliphatic heterocycles. The molecule has 1 unspecified atom stereocenters. The minimum absolute atomic E-state index is 0. The highest BCUT2D eigenvalue weighted by molar-refractivity contribution is 5.85. The Kier molecular flexibility index (Phi) is 7.80. The second-order valence-corrected chi connectivity index (χ2v) is 5.45. The number of rotatable bonds is 3. The second kappa shape index (κ2) is 7.93. The molecule has 4 heteroatoms. The zero-order chi connectivity index (χ0) is 12.1. The number of likely N-dealkylation sites (tertiary alicyclic amines) is 1. The lowest BCUT2D eigenvalue weighted by atomic mass is 9.98. The fraction of sp³-hybridized carbons (Fsp3) is 0.923. The first kappa shape index (κ1) is 16.7. The van der Waals surface area contributed by atoms with Gasteiger partial charge < -0.3 is 10.6 Å². The summed E-state index contributed by atoms with van der Waals surface area (Å²) in [6.45, 7) is 7.14. The van der Waals surface area contributed by atoms with Crippen molar-refractivity contribution in [3.8, 4) is 0 Å². The van der Waals surface area contributed by atoms with E-state index in [9.17, 15) is 4.79 Å². The third kappa shape index (κ3) is 5.26. The van der Waals surface area contributed by atoms with Crippen molar-refractivity contribution in [1.82, 2.24) is 4.90 Å². The van der Waals surface area contributed by atoms with E-state index in [-0.39, 0.29) is 24.4 Å². The SMILES string of the molecule is CC(C)CC1CCCCCN1C(=O)[C@H](C)N.Cl. The van der Waals surface area contributed by atoms with E-state index < -0.39 is 0 Å². The number of carbonyl (C=O) groups excluding carboxylic acids is 1. The van der Waals surface area contributed by atoms with Gasteiger partial charge in [0.15, 0.2) is 0 Å². The van der Waals surface area contributed by atoms with E-state index in [1.807, 2.05) is 4.90 Å². The molecule has 1 fully saturated rings. The van der Waals surface area contributed by atoms with E-state index in [1.165, 1.54) is 12.8 Å². The predicted molar refractivity (Wildman–Crippen MR) is 74.3 cm³/mol. The summed E-state index contributed by atoms with van der Waals surface area (Å²) < 4.78 is 0. The molecule has 1 amide bonds. The quantitative estimate of drug-likeness (QED) is 0.850. The van der Waals surface area contributed by atoms with Gasteiger partial charge in [-0.1, -0.05) is 26.7 Å². The van der Waals surface area contributed by atoms with Crippen molar-refractivity contribution in [3.05, 3.63) is 0 Å². The fourth-order valence-corrected chi connectivity index (χ4v) is 2.52. The molecular weight excluding hydrogens is 236 g/mol. The molecule has 0 aromatic rings. The third-order valence-corrected chi connectivity index (χ3v) is 3.29. The highest BCUT2D eigenvalue weighted by atomic mass is 35.5. The summed E-state index contributed by atoms with van der Waals surface area (Å²) in [7, 11) is 0. The molecule has 2 N–H and O–H groups in total. The highest BCUT2D eigenvalue weighted by Gasteiger charge is 2.27. The van der Waals surface area contributed by atoms with Gasteiger partial charge in [-0.15, -0.1) is 12.4 Å². The minimum Gasteiger partial charge on any atom is -0.338 e. The molecule has 1 rings (SSSR count). The highest BCUT2D eigenvalue weighted by Crippen LogP contribution is 2.22. The second-order valence-electron chi connectivity index (χ2n) is 5.45. The van der Waals surface area contributed by atoms with Gasteiger partial charge in [0.1, 0.15) is 0 Å². The van der Waals surface area contributed by atoms with Crippen molar-refractivity contribution in [2.45, 2.75) is 65.0 Å². The van der Waals surface area contributed by atoms with Crippen molar-refractivity contribution in [1.29, 1.82) is 0 Å². The summed E-state index contributed by atoms with van der Waals surface area (Å²) >= 11 is 0. The third-order valence-electron chi connectivity index (χ3n) is 3.29. The Morgan fingerprint density at radius 3 is 2.47 bits per heavy atom. The first-order chi connectivity index (χ1) is 7.52. The normalized spacial score (nSPS) is 22.9. The Hall–Kier alpha value is -0.280. The molecular formula is C13H27ClN2O. The summed E-state index contributed by atoms with van der Waals surface area (Å²) in [5.41, 5.74) is 5.72. The summed E-state index contributed by atoms with van der Waals surface area (Å²) in [6, 6.07) is 0.0637. The van der Waals surface area contributed by atoms with Crippen LogP contribution in [-0.4, -0.2) is 29.4 Å². The van der Waals surface area contributed by atoms with Crippen LogP contribution in [0.25, 0.3) is 0 Å². The van der Waals surface area contributed by atoms with E-state index in [2.05, 4.69) is 13.8 Å². The molecule has 0 spiro atoms. The van der Waals surface area contributed by atoms with Gasteiger partial charge in [0.2, 0.25) is 5.91 Å². The number of carbonyl (C=O) groups is 1. The monoisotopic (exact) mass is 262 g/mol. The first-order valence-electron chi connectivity index (χ1n) is 6.58. The van der Waals surface area contributed by atoms with Gasteiger partial charge in [0, 0.05) is 12.6 Å². The maximum Gasteiger partial charge on any atom is 0.239 e. The largest absolute Gasteiger partial charge is 0.338 e. The van der Waals surface area contributed by atoms with Gasteiger partial charge in [-0.05, 0) is 32.1 Å². The van der Waals surface area contributed by atoms with Crippen LogP contribution in [0.2, 0.25) is 0 Å². The van der Waals surface area contributed by atoms with Gasteiger partial charge in [0.05, 0.1) is 6.04 Å². The Bertz CT molecular complexity index is 231. The number of hydrogen-bond donors (Lipinski definition) is 1. The molecule has 0 aromatic carbocycles. The maximum atomic E-state index is 12.0. The zero-order valence-electron chi connectivity index (χ0n) is 11.3. The molecule has 0 bridgehead atoms. The predicted octanol–water partition coefficient (Wildman–Crippen LogP) is 2.57. The Labute approximate surface area is 112 Å². The van der Waals surface area contributed by atoms with Gasteiger partial charge in [-0.2, -0.15) is 0 Å². The van der Waals surface area contributed by atoms with E-state index in [0.29, 0.717) is 12.0 Å². The summed E-state index contributed by atoms with van der Waals surface area (Å²) in [5.74, 6) is 0.777. The average molecular weight is 263 g/mol. The van der Waals surface area contributed by atoms with E-state index >= 15 is 0 Å². The zero-order valence-corrected chi connectivity index (χ0v) is 12.1. The van der Waals surface area contributed by atoms with Crippen LogP contribution in [-0.2, 0) is 4.79 Å². The molecule has 2 atom stereocenters. The lowest BCUT2D eigenvalue weighted by Gasteiger charge is -2.32. The molecule has 0 radical (unpaired) electrons. The maximum absolute atomic E-state index is 12.0. The summed E-state index contributed by atoms with van der Waals surface area (Å²) in [5, 5.41) is 0. The van der Waals surface area contributed by atoms with Crippen LogP contribution in [0.3, 0.4) is 0 Å². The minimum atomic E-state index is -0.354. The van der Waals surface area contributed by atoms with Crippen LogP contribution in [0, 0.1) is 5.92 Å². The van der Waals surface area contributed by atoms with Crippen LogP contribution in [0.1, 0.15) is 52.9 Å². The van der Waals surface area contributed by atoms with Crippen LogP contribution >= 0.6 is 12.4 Å². The van der Waals surface area contributed by atoms with Crippen molar-refractivity contribution in [2.24, 2.45) is 11.7 Å². The number of amides is 1. The van der Waals surface area contributed by atoms with E-state index in [1.54, 1.807) is 6.92 Å². The number of nitrogens with two attached hydrogens (primary N) is 1. The molecule has 0 aliphatic carbocycles. The van der Waals surface area contributed by atoms with Crippen molar-refractivity contribution < 1.29 is 4.79 Å². The topological polar surface area (TPSA) is 46.3 Å². The van der Waals surface area contributed by atoms with Gasteiger partial charge in [-0.3, -0.25) is 4.79 Å². The number of halogens is 1. The number of nitrogens with zero attached hydrogens (tertiary/aromatic N) is 1. The summed E-state index contributed by atoms with van der Waals surface area (Å²) in [6.07, 6.45) is 5.89. The van der Waals surface area contributed by atoms with Crippen LogP contribution in [0.15, 0.2) is 0 Å². The van der Waals surface area contributed by atoms with Crippen molar-refractivity contribution in [3.63, 3.8) is 0 Å². The van der Waals surface area contributed by atoms with E-state index in [4.69, 9.17) is 5.73 Å². The fourth-order valence-electron chi connectivity index (χ4n) is 2.52. The lowest BCUT2D eigenvalue weighted by Crippen LogP contribution is -2.47. The Balaban J connectivity index is 0.00000256. The molecule has 1 saturated heterocycles. The smallest absolute Gasteiger partial charge is 0.239 e.